The second-order valence-electron chi connectivity index (χ2n) is 5.04. The summed E-state index contributed by atoms with van der Waals surface area (Å²) in [6, 6.07) is 10.8. The maximum atomic E-state index is 12.3. The van der Waals surface area contributed by atoms with E-state index in [0.29, 0.717) is 11.4 Å². The lowest BCUT2D eigenvalue weighted by atomic mass is 10.1. The molecule has 106 valence electrons. The molecule has 0 spiro atoms. The molecule has 6 heteroatoms. The summed E-state index contributed by atoms with van der Waals surface area (Å²) in [4.78, 5) is 1.58. The number of sulfonamides is 1. The molecule has 1 N–H and O–H groups in total. The molecule has 1 aliphatic carbocycles. The van der Waals surface area contributed by atoms with E-state index >= 15 is 0 Å². The van der Waals surface area contributed by atoms with Crippen molar-refractivity contribution in [2.24, 2.45) is 0 Å². The van der Waals surface area contributed by atoms with Gasteiger partial charge in [-0.1, -0.05) is 22.0 Å². The number of halogens is 1. The van der Waals surface area contributed by atoms with Gasteiger partial charge in [-0.05, 0) is 48.6 Å². The van der Waals surface area contributed by atoms with Gasteiger partial charge in [0.05, 0.1) is 4.90 Å². The Balaban J connectivity index is 1.73. The standard InChI is InChI=1S/C14H14BrNO2S2/c15-11-3-5-12(6-4-11)20(17,18)16-10-14(7-8-14)13-2-1-9-19-13/h1-6,9,16H,7-8,10H2. The van der Waals surface area contributed by atoms with Gasteiger partial charge in [0.1, 0.15) is 0 Å². The summed E-state index contributed by atoms with van der Waals surface area (Å²) in [5.74, 6) is 0. The molecule has 0 bridgehead atoms. The number of rotatable bonds is 5. The average Bonchev–Trinajstić information content (AvgIpc) is 3.01. The van der Waals surface area contributed by atoms with Gasteiger partial charge in [0.25, 0.3) is 0 Å². The van der Waals surface area contributed by atoms with Crippen LogP contribution >= 0.6 is 27.3 Å². The Bertz CT molecular complexity index is 689. The van der Waals surface area contributed by atoms with E-state index in [1.54, 1.807) is 35.6 Å². The molecular formula is C14H14BrNO2S2. The van der Waals surface area contributed by atoms with E-state index in [4.69, 9.17) is 0 Å². The van der Waals surface area contributed by atoms with Crippen molar-refractivity contribution in [3.8, 4) is 0 Å². The van der Waals surface area contributed by atoms with Gasteiger partial charge in [0.2, 0.25) is 10.0 Å². The highest BCUT2D eigenvalue weighted by Gasteiger charge is 2.45. The van der Waals surface area contributed by atoms with E-state index < -0.39 is 10.0 Å². The van der Waals surface area contributed by atoms with Crippen LogP contribution in [0, 0.1) is 0 Å². The highest BCUT2D eigenvalue weighted by Crippen LogP contribution is 2.49. The first-order valence-electron chi connectivity index (χ1n) is 6.31. The third-order valence-corrected chi connectivity index (χ3v) is 6.68. The van der Waals surface area contributed by atoms with Crippen LogP contribution in [0.25, 0.3) is 0 Å². The lowest BCUT2D eigenvalue weighted by molar-refractivity contribution is 0.568. The van der Waals surface area contributed by atoms with Gasteiger partial charge in [-0.25, -0.2) is 13.1 Å². The Morgan fingerprint density at radius 1 is 1.20 bits per heavy atom. The molecule has 3 rings (SSSR count). The van der Waals surface area contributed by atoms with Gasteiger partial charge in [-0.2, -0.15) is 0 Å². The van der Waals surface area contributed by atoms with E-state index in [2.05, 4.69) is 26.7 Å². The van der Waals surface area contributed by atoms with Crippen molar-refractivity contribution < 1.29 is 8.42 Å². The quantitative estimate of drug-likeness (QED) is 0.873. The van der Waals surface area contributed by atoms with Gasteiger partial charge >= 0.3 is 0 Å². The summed E-state index contributed by atoms with van der Waals surface area (Å²) in [7, 11) is -3.43. The number of thiophene rings is 1. The average molecular weight is 372 g/mol. The zero-order valence-corrected chi connectivity index (χ0v) is 13.9. The first kappa shape index (κ1) is 14.3. The molecule has 1 heterocycles. The van der Waals surface area contributed by atoms with Crippen LogP contribution in [0.1, 0.15) is 17.7 Å². The second-order valence-corrected chi connectivity index (χ2v) is 8.67. The van der Waals surface area contributed by atoms with Crippen molar-refractivity contribution in [3.63, 3.8) is 0 Å². The number of hydrogen-bond acceptors (Lipinski definition) is 3. The molecule has 1 saturated carbocycles. The summed E-state index contributed by atoms with van der Waals surface area (Å²) in [6.45, 7) is 0.478. The van der Waals surface area contributed by atoms with Gasteiger partial charge in [0, 0.05) is 21.3 Å². The molecule has 1 aromatic heterocycles. The highest BCUT2D eigenvalue weighted by atomic mass is 79.9. The third kappa shape index (κ3) is 2.83. The van der Waals surface area contributed by atoms with E-state index in [9.17, 15) is 8.42 Å². The Hall–Kier alpha value is -0.690. The summed E-state index contributed by atoms with van der Waals surface area (Å²) < 4.78 is 28.1. The second kappa shape index (κ2) is 5.26. The minimum Gasteiger partial charge on any atom is -0.210 e. The highest BCUT2D eigenvalue weighted by molar-refractivity contribution is 9.10. The smallest absolute Gasteiger partial charge is 0.210 e. The van der Waals surface area contributed by atoms with Gasteiger partial charge in [0.15, 0.2) is 0 Å². The number of benzene rings is 1. The van der Waals surface area contributed by atoms with Gasteiger partial charge in [-0.15, -0.1) is 11.3 Å². The van der Waals surface area contributed by atoms with Crippen LogP contribution in [0.4, 0.5) is 0 Å². The summed E-state index contributed by atoms with van der Waals surface area (Å²) in [5, 5.41) is 2.04. The van der Waals surface area contributed by atoms with Crippen molar-refractivity contribution in [1.29, 1.82) is 0 Å². The minimum atomic E-state index is -3.43. The molecule has 0 radical (unpaired) electrons. The van der Waals surface area contributed by atoms with Crippen molar-refractivity contribution in [2.45, 2.75) is 23.2 Å². The predicted octanol–water partition coefficient (Wildman–Crippen LogP) is 3.52. The first-order valence-corrected chi connectivity index (χ1v) is 9.47. The molecule has 0 unspecified atom stereocenters. The van der Waals surface area contributed by atoms with Crippen molar-refractivity contribution in [2.75, 3.05) is 6.54 Å². The zero-order chi connectivity index (χ0) is 14.2. The topological polar surface area (TPSA) is 46.2 Å². The lowest BCUT2D eigenvalue weighted by Crippen LogP contribution is -2.31. The van der Waals surface area contributed by atoms with Crippen LogP contribution in [0.3, 0.4) is 0 Å². The predicted molar refractivity (Wildman–Crippen MR) is 84.6 cm³/mol. The molecule has 1 aliphatic rings. The summed E-state index contributed by atoms with van der Waals surface area (Å²) in [6.07, 6.45) is 2.10. The van der Waals surface area contributed by atoms with E-state index in [1.807, 2.05) is 11.4 Å². The van der Waals surface area contributed by atoms with E-state index in [-0.39, 0.29) is 5.41 Å². The molecule has 1 aromatic carbocycles. The SMILES string of the molecule is O=S(=O)(NCC1(c2cccs2)CC1)c1ccc(Br)cc1. The molecule has 0 atom stereocenters. The monoisotopic (exact) mass is 371 g/mol. The third-order valence-electron chi connectivity index (χ3n) is 3.62. The Labute approximate surface area is 131 Å². The molecule has 2 aromatic rings. The van der Waals surface area contributed by atoms with E-state index in [1.165, 1.54) is 4.88 Å². The molecule has 1 fully saturated rings. The van der Waals surface area contributed by atoms with Crippen molar-refractivity contribution in [3.05, 3.63) is 51.1 Å². The zero-order valence-electron chi connectivity index (χ0n) is 10.7. The normalized spacial score (nSPS) is 17.1. The molecule has 3 nitrogen and oxygen atoms in total. The van der Waals surface area contributed by atoms with Crippen LogP contribution in [-0.2, 0) is 15.4 Å². The van der Waals surface area contributed by atoms with Crippen LogP contribution in [0.15, 0.2) is 51.1 Å². The summed E-state index contributed by atoms with van der Waals surface area (Å²) >= 11 is 5.00. The maximum absolute atomic E-state index is 12.3. The van der Waals surface area contributed by atoms with Gasteiger partial charge < -0.3 is 0 Å². The maximum Gasteiger partial charge on any atom is 0.240 e. The fourth-order valence-corrected chi connectivity index (χ4v) is 4.55. The fraction of sp³-hybridized carbons (Fsp3) is 0.286. The Morgan fingerprint density at radius 3 is 2.45 bits per heavy atom. The van der Waals surface area contributed by atoms with Crippen LogP contribution in [-0.4, -0.2) is 15.0 Å². The van der Waals surface area contributed by atoms with Crippen LogP contribution in [0.5, 0.6) is 0 Å². The summed E-state index contributed by atoms with van der Waals surface area (Å²) in [5.41, 5.74) is 0.0244. The molecule has 0 saturated heterocycles. The number of nitrogens with one attached hydrogen (secondary N) is 1. The minimum absolute atomic E-state index is 0.0244. The van der Waals surface area contributed by atoms with Crippen molar-refractivity contribution in [1.82, 2.24) is 4.72 Å². The molecule has 0 aliphatic heterocycles. The van der Waals surface area contributed by atoms with Crippen LogP contribution < -0.4 is 4.72 Å². The molecule has 20 heavy (non-hydrogen) atoms. The number of hydrogen-bond donors (Lipinski definition) is 1. The first-order chi connectivity index (χ1) is 9.52. The Kier molecular flexibility index (Phi) is 3.75. The van der Waals surface area contributed by atoms with E-state index in [0.717, 1.165) is 17.3 Å². The van der Waals surface area contributed by atoms with Crippen molar-refractivity contribution >= 4 is 37.3 Å². The lowest BCUT2D eigenvalue weighted by Gasteiger charge is -2.14. The van der Waals surface area contributed by atoms with Crippen LogP contribution in [0.2, 0.25) is 0 Å². The Morgan fingerprint density at radius 2 is 1.90 bits per heavy atom. The molecule has 0 amide bonds. The molecular weight excluding hydrogens is 358 g/mol. The largest absolute Gasteiger partial charge is 0.240 e. The fourth-order valence-electron chi connectivity index (χ4n) is 2.17. The van der Waals surface area contributed by atoms with Gasteiger partial charge in [-0.3, -0.25) is 0 Å².